The van der Waals surface area contributed by atoms with E-state index in [0.717, 1.165) is 52.6 Å². The van der Waals surface area contributed by atoms with Crippen LogP contribution in [-0.2, 0) is 16.0 Å². The van der Waals surface area contributed by atoms with Crippen molar-refractivity contribution >= 4 is 11.3 Å². The number of aryl methyl sites for hydroxylation is 1. The third kappa shape index (κ3) is 2.83. The summed E-state index contributed by atoms with van der Waals surface area (Å²) in [6.07, 6.45) is 0. The lowest BCUT2D eigenvalue weighted by atomic mass is 9.80. The van der Waals surface area contributed by atoms with Crippen LogP contribution in [0.5, 0.6) is 0 Å². The average molecular weight is 323 g/mol. The van der Waals surface area contributed by atoms with E-state index < -0.39 is 0 Å². The molecule has 122 valence electrons. The number of morpholine rings is 1. The zero-order chi connectivity index (χ0) is 15.0. The van der Waals surface area contributed by atoms with Gasteiger partial charge in [-0.15, -0.1) is 11.3 Å². The summed E-state index contributed by atoms with van der Waals surface area (Å²) in [5, 5.41) is 0. The second-order valence-electron chi connectivity index (χ2n) is 6.99. The molecule has 3 aliphatic heterocycles. The molecule has 0 N–H and O–H groups in total. The predicted octanol–water partition coefficient (Wildman–Crippen LogP) is 1.23. The maximum atomic E-state index is 5.87. The van der Waals surface area contributed by atoms with Crippen LogP contribution in [0.1, 0.15) is 10.6 Å². The van der Waals surface area contributed by atoms with Crippen LogP contribution >= 0.6 is 11.3 Å². The van der Waals surface area contributed by atoms with Crippen molar-refractivity contribution < 1.29 is 9.47 Å². The van der Waals surface area contributed by atoms with Gasteiger partial charge in [0.1, 0.15) is 0 Å². The predicted molar refractivity (Wildman–Crippen MR) is 86.1 cm³/mol. The first-order valence-corrected chi connectivity index (χ1v) is 9.12. The van der Waals surface area contributed by atoms with Crippen LogP contribution in [0.2, 0.25) is 0 Å². The van der Waals surface area contributed by atoms with Gasteiger partial charge in [0.25, 0.3) is 0 Å². The lowest BCUT2D eigenvalue weighted by Crippen LogP contribution is -2.47. The van der Waals surface area contributed by atoms with Crippen molar-refractivity contribution in [2.24, 2.45) is 11.3 Å². The molecular formula is C16H25N3O2S. The van der Waals surface area contributed by atoms with Gasteiger partial charge in [-0.25, -0.2) is 4.98 Å². The van der Waals surface area contributed by atoms with Gasteiger partial charge in [0.2, 0.25) is 0 Å². The fraction of sp³-hybridized carbons (Fsp3) is 0.812. The molecule has 6 heteroatoms. The van der Waals surface area contributed by atoms with Crippen LogP contribution in [-0.4, -0.2) is 73.9 Å². The summed E-state index contributed by atoms with van der Waals surface area (Å²) in [5.74, 6) is 0.684. The number of ether oxygens (including phenoxy) is 2. The molecule has 3 aliphatic rings. The number of hydrogen-bond acceptors (Lipinski definition) is 6. The number of fused-ring (bicyclic) bond motifs is 1. The number of aromatic nitrogens is 1. The van der Waals surface area contributed by atoms with Gasteiger partial charge in [0.15, 0.2) is 0 Å². The second kappa shape index (κ2) is 6.17. The number of hydrogen-bond donors (Lipinski definition) is 0. The molecule has 0 aromatic carbocycles. The largest absolute Gasteiger partial charge is 0.380 e. The Bertz CT molecular complexity index is 517. The normalized spacial score (nSPS) is 33.4. The highest BCUT2D eigenvalue weighted by molar-refractivity contribution is 7.09. The van der Waals surface area contributed by atoms with Crippen molar-refractivity contribution in [1.82, 2.24) is 14.8 Å². The topological polar surface area (TPSA) is 37.8 Å². The molecule has 0 unspecified atom stereocenters. The van der Waals surface area contributed by atoms with Crippen molar-refractivity contribution in [3.05, 3.63) is 16.1 Å². The first-order valence-electron chi connectivity index (χ1n) is 8.24. The Labute approximate surface area is 136 Å². The maximum absolute atomic E-state index is 5.87. The molecule has 1 aromatic heterocycles. The van der Waals surface area contributed by atoms with Gasteiger partial charge >= 0.3 is 0 Å². The standard InChI is InChI=1S/C16H25N3O2S/c1-13-15(22-12-17-13)7-19-6-14-8-21-11-16(14,10-19)9-18-2-4-20-5-3-18/h12,14H,2-11H2,1H3/t14-,16+/m1/s1. The van der Waals surface area contributed by atoms with Gasteiger partial charge in [-0.1, -0.05) is 0 Å². The first-order chi connectivity index (χ1) is 10.8. The lowest BCUT2D eigenvalue weighted by molar-refractivity contribution is 0.0102. The van der Waals surface area contributed by atoms with E-state index >= 15 is 0 Å². The smallest absolute Gasteiger partial charge is 0.0798 e. The molecule has 0 amide bonds. The number of likely N-dealkylation sites (tertiary alicyclic amines) is 1. The van der Waals surface area contributed by atoms with E-state index in [-0.39, 0.29) is 0 Å². The lowest BCUT2D eigenvalue weighted by Gasteiger charge is -2.36. The van der Waals surface area contributed by atoms with E-state index in [1.54, 1.807) is 11.3 Å². The van der Waals surface area contributed by atoms with E-state index in [1.165, 1.54) is 23.7 Å². The summed E-state index contributed by atoms with van der Waals surface area (Å²) in [6, 6.07) is 0. The Morgan fingerprint density at radius 3 is 2.95 bits per heavy atom. The number of nitrogens with zero attached hydrogens (tertiary/aromatic N) is 3. The van der Waals surface area contributed by atoms with Crippen molar-refractivity contribution in [2.75, 3.05) is 59.2 Å². The van der Waals surface area contributed by atoms with E-state index in [9.17, 15) is 0 Å². The van der Waals surface area contributed by atoms with E-state index in [2.05, 4.69) is 21.7 Å². The molecule has 0 radical (unpaired) electrons. The molecule has 0 bridgehead atoms. The number of thiazole rings is 1. The summed E-state index contributed by atoms with van der Waals surface area (Å²) in [4.78, 5) is 11.0. The van der Waals surface area contributed by atoms with E-state index in [1.807, 2.05) is 5.51 Å². The zero-order valence-corrected chi connectivity index (χ0v) is 14.1. The summed E-state index contributed by atoms with van der Waals surface area (Å²) in [6.45, 7) is 12.4. The molecule has 5 nitrogen and oxygen atoms in total. The SMILES string of the molecule is Cc1ncsc1CN1C[C@@H]2COC[C@]2(CN2CCOCC2)C1. The average Bonchev–Trinajstić information content (AvgIpc) is 3.15. The number of rotatable bonds is 4. The Morgan fingerprint density at radius 2 is 2.18 bits per heavy atom. The first kappa shape index (κ1) is 15.0. The van der Waals surface area contributed by atoms with Crippen LogP contribution in [0, 0.1) is 18.3 Å². The third-order valence-electron chi connectivity index (χ3n) is 5.45. The molecule has 1 aromatic rings. The minimum atomic E-state index is 0.329. The molecule has 0 aliphatic carbocycles. The Hall–Kier alpha value is -0.530. The van der Waals surface area contributed by atoms with Gasteiger partial charge in [0.05, 0.1) is 37.6 Å². The van der Waals surface area contributed by atoms with Crippen molar-refractivity contribution in [2.45, 2.75) is 13.5 Å². The Balaban J connectivity index is 1.43. The Morgan fingerprint density at radius 1 is 1.32 bits per heavy atom. The van der Waals surface area contributed by atoms with Gasteiger partial charge in [0, 0.05) is 55.5 Å². The summed E-state index contributed by atoms with van der Waals surface area (Å²) in [7, 11) is 0. The van der Waals surface area contributed by atoms with E-state index in [4.69, 9.17) is 9.47 Å². The highest BCUT2D eigenvalue weighted by Gasteiger charge is 2.51. The summed E-state index contributed by atoms with van der Waals surface area (Å²) < 4.78 is 11.4. The molecule has 3 fully saturated rings. The van der Waals surface area contributed by atoms with Gasteiger partial charge < -0.3 is 9.47 Å². The minimum Gasteiger partial charge on any atom is -0.380 e. The van der Waals surface area contributed by atoms with Crippen molar-refractivity contribution in [3.63, 3.8) is 0 Å². The Kier molecular flexibility index (Phi) is 4.21. The highest BCUT2D eigenvalue weighted by atomic mass is 32.1. The molecule has 0 saturated carbocycles. The quantitative estimate of drug-likeness (QED) is 0.833. The molecule has 3 saturated heterocycles. The molecular weight excluding hydrogens is 298 g/mol. The third-order valence-corrected chi connectivity index (χ3v) is 6.37. The van der Waals surface area contributed by atoms with Crippen molar-refractivity contribution in [3.8, 4) is 0 Å². The molecule has 22 heavy (non-hydrogen) atoms. The fourth-order valence-corrected chi connectivity index (χ4v) is 4.99. The molecule has 4 heterocycles. The second-order valence-corrected chi connectivity index (χ2v) is 7.93. The van der Waals surface area contributed by atoms with Crippen molar-refractivity contribution in [1.29, 1.82) is 0 Å². The van der Waals surface area contributed by atoms with Crippen LogP contribution < -0.4 is 0 Å². The van der Waals surface area contributed by atoms with Gasteiger partial charge in [-0.3, -0.25) is 9.80 Å². The van der Waals surface area contributed by atoms with Crippen LogP contribution in [0.15, 0.2) is 5.51 Å². The van der Waals surface area contributed by atoms with Crippen LogP contribution in [0.25, 0.3) is 0 Å². The van der Waals surface area contributed by atoms with Crippen LogP contribution in [0.4, 0.5) is 0 Å². The summed E-state index contributed by atoms with van der Waals surface area (Å²) >= 11 is 1.79. The maximum Gasteiger partial charge on any atom is 0.0798 e. The monoisotopic (exact) mass is 323 g/mol. The molecule has 4 rings (SSSR count). The van der Waals surface area contributed by atoms with Crippen LogP contribution in [0.3, 0.4) is 0 Å². The fourth-order valence-electron chi connectivity index (χ4n) is 4.17. The molecule has 2 atom stereocenters. The van der Waals surface area contributed by atoms with E-state index in [0.29, 0.717) is 11.3 Å². The van der Waals surface area contributed by atoms with Gasteiger partial charge in [-0.05, 0) is 6.92 Å². The van der Waals surface area contributed by atoms with Gasteiger partial charge in [-0.2, -0.15) is 0 Å². The minimum absolute atomic E-state index is 0.329. The highest BCUT2D eigenvalue weighted by Crippen LogP contribution is 2.42. The zero-order valence-electron chi connectivity index (χ0n) is 13.3. The summed E-state index contributed by atoms with van der Waals surface area (Å²) in [5.41, 5.74) is 3.49. The molecule has 0 spiro atoms.